The van der Waals surface area contributed by atoms with Gasteiger partial charge in [-0.25, -0.2) is 0 Å². The molecule has 2 rings (SSSR count). The van der Waals surface area contributed by atoms with E-state index in [0.29, 0.717) is 0 Å². The Morgan fingerprint density at radius 3 is 2.60 bits per heavy atom. The zero-order valence-electron chi connectivity index (χ0n) is 12.7. The van der Waals surface area contributed by atoms with Crippen LogP contribution in [0.4, 0.5) is 0 Å². The molecule has 0 aliphatic heterocycles. The van der Waals surface area contributed by atoms with Gasteiger partial charge in [-0.15, -0.1) is 0 Å². The molecule has 0 aromatic heterocycles. The van der Waals surface area contributed by atoms with E-state index in [1.54, 1.807) is 5.57 Å². The molecule has 1 aliphatic rings. The maximum absolute atomic E-state index is 10.3. The predicted octanol–water partition coefficient (Wildman–Crippen LogP) is 3.90. The molecule has 110 valence electrons. The zero-order valence-corrected chi connectivity index (χ0v) is 12.7. The minimum Gasteiger partial charge on any atom is -0.387 e. The molecule has 2 nitrogen and oxygen atoms in total. The van der Waals surface area contributed by atoms with Crippen LogP contribution in [0.25, 0.3) is 0 Å². The van der Waals surface area contributed by atoms with Crippen LogP contribution < -0.4 is 5.32 Å². The summed E-state index contributed by atoms with van der Waals surface area (Å²) in [5, 5.41) is 13.8. The van der Waals surface area contributed by atoms with E-state index < -0.39 is 6.10 Å². The minimum atomic E-state index is -0.434. The Morgan fingerprint density at radius 1 is 1.20 bits per heavy atom. The summed E-state index contributed by atoms with van der Waals surface area (Å²) in [6.45, 7) is 5.07. The summed E-state index contributed by atoms with van der Waals surface area (Å²) >= 11 is 0. The number of nitrogens with one attached hydrogen (secondary N) is 1. The van der Waals surface area contributed by atoms with Crippen molar-refractivity contribution in [2.75, 3.05) is 6.54 Å². The Kier molecular flexibility index (Phi) is 5.81. The average Bonchev–Trinajstić information content (AvgIpc) is 2.48. The molecular formula is C18H27NO. The fourth-order valence-corrected chi connectivity index (χ4v) is 2.76. The molecule has 0 fully saturated rings. The highest BCUT2D eigenvalue weighted by Crippen LogP contribution is 2.20. The number of aryl methyl sites for hydroxylation is 1. The lowest BCUT2D eigenvalue weighted by molar-refractivity contribution is 0.136. The summed E-state index contributed by atoms with van der Waals surface area (Å²) in [5.74, 6) is 0. The Morgan fingerprint density at radius 2 is 1.95 bits per heavy atom. The fourth-order valence-electron chi connectivity index (χ4n) is 2.76. The van der Waals surface area contributed by atoms with E-state index in [1.165, 1.54) is 31.2 Å². The van der Waals surface area contributed by atoms with Crippen molar-refractivity contribution in [3.05, 3.63) is 47.0 Å². The van der Waals surface area contributed by atoms with Crippen molar-refractivity contribution in [3.63, 3.8) is 0 Å². The van der Waals surface area contributed by atoms with E-state index in [2.05, 4.69) is 37.4 Å². The first-order chi connectivity index (χ1) is 9.66. The molecule has 0 spiro atoms. The van der Waals surface area contributed by atoms with E-state index in [4.69, 9.17) is 0 Å². The third kappa shape index (κ3) is 4.46. The quantitative estimate of drug-likeness (QED) is 0.771. The molecule has 0 amide bonds. The lowest BCUT2D eigenvalue weighted by atomic mass is 9.97. The molecule has 0 bridgehead atoms. The second-order valence-corrected chi connectivity index (χ2v) is 5.96. The molecule has 1 aromatic rings. The van der Waals surface area contributed by atoms with Crippen LogP contribution in [0.2, 0.25) is 0 Å². The van der Waals surface area contributed by atoms with Crippen molar-refractivity contribution < 1.29 is 5.11 Å². The maximum atomic E-state index is 10.3. The summed E-state index contributed by atoms with van der Waals surface area (Å²) in [7, 11) is 0. The highest BCUT2D eigenvalue weighted by atomic mass is 16.3. The molecule has 0 heterocycles. The standard InChI is InChI=1S/C18H27NO/c1-14-8-10-17(11-9-14)18(20)15(2)19-13-12-16-6-4-3-5-7-16/h6,8-11,15,18-20H,3-5,7,12-13H2,1-2H3. The van der Waals surface area contributed by atoms with Crippen molar-refractivity contribution in [1.29, 1.82) is 0 Å². The third-order valence-electron chi connectivity index (χ3n) is 4.19. The van der Waals surface area contributed by atoms with Gasteiger partial charge in [0.2, 0.25) is 0 Å². The van der Waals surface area contributed by atoms with Crippen molar-refractivity contribution in [3.8, 4) is 0 Å². The van der Waals surface area contributed by atoms with Crippen LogP contribution in [0, 0.1) is 6.92 Å². The molecule has 2 atom stereocenters. The van der Waals surface area contributed by atoms with Crippen molar-refractivity contribution in [1.82, 2.24) is 5.32 Å². The van der Waals surface area contributed by atoms with Gasteiger partial charge in [0.05, 0.1) is 6.10 Å². The van der Waals surface area contributed by atoms with Crippen molar-refractivity contribution in [2.45, 2.75) is 58.1 Å². The first kappa shape index (κ1) is 15.3. The lowest BCUT2D eigenvalue weighted by Crippen LogP contribution is -2.33. The van der Waals surface area contributed by atoms with Gasteiger partial charge in [-0.3, -0.25) is 0 Å². The molecule has 20 heavy (non-hydrogen) atoms. The summed E-state index contributed by atoms with van der Waals surface area (Å²) in [4.78, 5) is 0. The highest BCUT2D eigenvalue weighted by Gasteiger charge is 2.15. The second kappa shape index (κ2) is 7.61. The van der Waals surface area contributed by atoms with Gasteiger partial charge >= 0.3 is 0 Å². The molecule has 0 saturated carbocycles. The predicted molar refractivity (Wildman–Crippen MR) is 84.8 cm³/mol. The van der Waals surface area contributed by atoms with E-state index in [9.17, 15) is 5.11 Å². The molecule has 1 aliphatic carbocycles. The van der Waals surface area contributed by atoms with E-state index >= 15 is 0 Å². The molecule has 0 radical (unpaired) electrons. The lowest BCUT2D eigenvalue weighted by Gasteiger charge is -2.21. The van der Waals surface area contributed by atoms with E-state index in [0.717, 1.165) is 18.5 Å². The number of aliphatic hydroxyl groups is 1. The third-order valence-corrected chi connectivity index (χ3v) is 4.19. The Balaban J connectivity index is 1.77. The number of rotatable bonds is 6. The van der Waals surface area contributed by atoms with Crippen molar-refractivity contribution >= 4 is 0 Å². The van der Waals surface area contributed by atoms with Gasteiger partial charge in [0.25, 0.3) is 0 Å². The summed E-state index contributed by atoms with van der Waals surface area (Å²) in [5.41, 5.74) is 3.80. The molecule has 2 heteroatoms. The summed E-state index contributed by atoms with van der Waals surface area (Å²) in [6, 6.07) is 8.22. The minimum absolute atomic E-state index is 0.0851. The van der Waals surface area contributed by atoms with Gasteiger partial charge in [0, 0.05) is 6.04 Å². The van der Waals surface area contributed by atoms with Gasteiger partial charge < -0.3 is 10.4 Å². The smallest absolute Gasteiger partial charge is 0.0940 e. The van der Waals surface area contributed by atoms with Crippen LogP contribution in [0.15, 0.2) is 35.9 Å². The van der Waals surface area contributed by atoms with E-state index in [-0.39, 0.29) is 6.04 Å². The van der Waals surface area contributed by atoms with Gasteiger partial charge in [0.15, 0.2) is 0 Å². The van der Waals surface area contributed by atoms with Gasteiger partial charge in [0.1, 0.15) is 0 Å². The first-order valence-corrected chi connectivity index (χ1v) is 7.83. The number of aliphatic hydroxyl groups excluding tert-OH is 1. The van der Waals surface area contributed by atoms with E-state index in [1.807, 2.05) is 12.1 Å². The molecular weight excluding hydrogens is 246 g/mol. The Bertz CT molecular complexity index is 435. The monoisotopic (exact) mass is 273 g/mol. The number of hydrogen-bond acceptors (Lipinski definition) is 2. The maximum Gasteiger partial charge on any atom is 0.0940 e. The van der Waals surface area contributed by atoms with Crippen LogP contribution in [0.5, 0.6) is 0 Å². The van der Waals surface area contributed by atoms with Crippen LogP contribution in [-0.4, -0.2) is 17.7 Å². The number of benzene rings is 1. The second-order valence-electron chi connectivity index (χ2n) is 5.96. The highest BCUT2D eigenvalue weighted by molar-refractivity contribution is 5.23. The first-order valence-electron chi connectivity index (χ1n) is 7.83. The number of hydrogen-bond donors (Lipinski definition) is 2. The fraction of sp³-hybridized carbons (Fsp3) is 0.556. The molecule has 0 saturated heterocycles. The average molecular weight is 273 g/mol. The van der Waals surface area contributed by atoms with Gasteiger partial charge in [-0.1, -0.05) is 41.5 Å². The Hall–Kier alpha value is -1.12. The van der Waals surface area contributed by atoms with Crippen molar-refractivity contribution in [2.24, 2.45) is 0 Å². The summed E-state index contributed by atoms with van der Waals surface area (Å²) < 4.78 is 0. The molecule has 1 aromatic carbocycles. The number of allylic oxidation sites excluding steroid dienone is 1. The SMILES string of the molecule is Cc1ccc(C(O)C(C)NCCC2=CCCCC2)cc1. The normalized spacial score (nSPS) is 18.4. The van der Waals surface area contributed by atoms with Crippen LogP contribution in [0.3, 0.4) is 0 Å². The van der Waals surface area contributed by atoms with Gasteiger partial charge in [-0.05, 0) is 58.1 Å². The van der Waals surface area contributed by atoms with Crippen LogP contribution >= 0.6 is 0 Å². The molecule has 2 unspecified atom stereocenters. The van der Waals surface area contributed by atoms with Crippen LogP contribution in [-0.2, 0) is 0 Å². The summed E-state index contributed by atoms with van der Waals surface area (Å²) in [6.07, 6.45) is 8.27. The topological polar surface area (TPSA) is 32.3 Å². The zero-order chi connectivity index (χ0) is 14.4. The largest absolute Gasteiger partial charge is 0.387 e. The van der Waals surface area contributed by atoms with Crippen LogP contribution in [0.1, 0.15) is 56.3 Å². The van der Waals surface area contributed by atoms with Gasteiger partial charge in [-0.2, -0.15) is 0 Å². The molecule has 2 N–H and O–H groups in total. The Labute approximate surface area is 122 Å².